The van der Waals surface area contributed by atoms with Crippen molar-refractivity contribution < 1.29 is 5.11 Å². The molecule has 15 heavy (non-hydrogen) atoms. The summed E-state index contributed by atoms with van der Waals surface area (Å²) in [6.07, 6.45) is 0.232. The van der Waals surface area contributed by atoms with Crippen molar-refractivity contribution in [3.05, 3.63) is 35.9 Å². The molecule has 0 saturated carbocycles. The number of amidine groups is 1. The Kier molecular flexibility index (Phi) is 2.49. The maximum Gasteiger partial charge on any atom is 0.150 e. The maximum absolute atomic E-state index is 9.85. The molecule has 1 aliphatic heterocycles. The largest absolute Gasteiger partial charge is 0.371 e. The molecule has 1 aromatic rings. The van der Waals surface area contributed by atoms with Gasteiger partial charge in [-0.15, -0.1) is 0 Å². The molecule has 0 saturated heterocycles. The zero-order chi connectivity index (χ0) is 10.9. The third-order valence-corrected chi connectivity index (χ3v) is 2.99. The van der Waals surface area contributed by atoms with Crippen LogP contribution in [0.25, 0.3) is 0 Å². The van der Waals surface area contributed by atoms with Crippen LogP contribution in [0.1, 0.15) is 25.8 Å². The Balaban J connectivity index is 2.31. The zero-order valence-corrected chi connectivity index (χ0v) is 9.07. The van der Waals surface area contributed by atoms with Gasteiger partial charge in [0.2, 0.25) is 0 Å². The summed E-state index contributed by atoms with van der Waals surface area (Å²) >= 11 is 0. The number of nitrogens with zero attached hydrogens (tertiary/aromatic N) is 1. The highest BCUT2D eigenvalue weighted by Gasteiger charge is 2.37. The fraction of sp³-hybridized carbons (Fsp3) is 0.417. The number of hydrogen-bond donors (Lipinski definition) is 2. The lowest BCUT2D eigenvalue weighted by atomic mass is 9.99. The minimum absolute atomic E-state index is 0.398. The number of hydrogen-bond acceptors (Lipinski definition) is 3. The normalized spacial score (nSPS) is 29.8. The Bertz CT molecular complexity index is 374. The third-order valence-electron chi connectivity index (χ3n) is 2.99. The lowest BCUT2D eigenvalue weighted by molar-refractivity contribution is 0.0938. The van der Waals surface area contributed by atoms with Gasteiger partial charge in [0.25, 0.3) is 0 Å². The average molecular weight is 204 g/mol. The molecule has 0 radical (unpaired) electrons. The maximum atomic E-state index is 9.85. The highest BCUT2D eigenvalue weighted by molar-refractivity contribution is 6.00. The van der Waals surface area contributed by atoms with Gasteiger partial charge in [0.1, 0.15) is 11.4 Å². The van der Waals surface area contributed by atoms with Crippen LogP contribution >= 0.6 is 0 Å². The van der Waals surface area contributed by atoms with E-state index in [2.05, 4.69) is 10.3 Å². The topological polar surface area (TPSA) is 44.6 Å². The number of aliphatic hydroxyl groups excluding tert-OH is 1. The van der Waals surface area contributed by atoms with E-state index in [4.69, 9.17) is 0 Å². The molecule has 2 rings (SSSR count). The van der Waals surface area contributed by atoms with Crippen molar-refractivity contribution in [3.63, 3.8) is 0 Å². The summed E-state index contributed by atoms with van der Waals surface area (Å²) in [5.41, 5.74) is 0.624. The first-order valence-electron chi connectivity index (χ1n) is 5.25. The van der Waals surface area contributed by atoms with E-state index < -0.39 is 11.8 Å². The van der Waals surface area contributed by atoms with Gasteiger partial charge in [-0.1, -0.05) is 37.3 Å². The molecule has 1 aromatic carbocycles. The summed E-state index contributed by atoms with van der Waals surface area (Å²) in [6.45, 7) is 3.99. The van der Waals surface area contributed by atoms with Crippen molar-refractivity contribution in [2.24, 2.45) is 4.99 Å². The fourth-order valence-electron chi connectivity index (χ4n) is 1.65. The van der Waals surface area contributed by atoms with Gasteiger partial charge in [0, 0.05) is 5.56 Å². The second-order valence-corrected chi connectivity index (χ2v) is 4.08. The molecule has 1 heterocycles. The first-order valence-corrected chi connectivity index (χ1v) is 5.25. The first kappa shape index (κ1) is 10.2. The summed E-state index contributed by atoms with van der Waals surface area (Å²) in [5, 5.41) is 12.9. The quantitative estimate of drug-likeness (QED) is 0.767. The van der Waals surface area contributed by atoms with Gasteiger partial charge in [-0.3, -0.25) is 4.99 Å². The first-order chi connectivity index (χ1) is 7.15. The summed E-state index contributed by atoms with van der Waals surface area (Å²) in [7, 11) is 0. The van der Waals surface area contributed by atoms with Crippen LogP contribution in [-0.2, 0) is 0 Å². The van der Waals surface area contributed by atoms with E-state index in [-0.39, 0.29) is 0 Å². The van der Waals surface area contributed by atoms with Crippen LogP contribution < -0.4 is 5.32 Å². The second-order valence-electron chi connectivity index (χ2n) is 4.08. The smallest absolute Gasteiger partial charge is 0.150 e. The molecule has 2 atom stereocenters. The van der Waals surface area contributed by atoms with Crippen molar-refractivity contribution in [2.75, 3.05) is 0 Å². The van der Waals surface area contributed by atoms with Gasteiger partial charge in [0.15, 0.2) is 6.23 Å². The van der Waals surface area contributed by atoms with Crippen molar-refractivity contribution in [1.82, 2.24) is 5.32 Å². The molecule has 1 aliphatic rings. The van der Waals surface area contributed by atoms with Crippen LogP contribution in [-0.4, -0.2) is 22.7 Å². The Morgan fingerprint density at radius 2 is 2.07 bits per heavy atom. The Morgan fingerprint density at radius 3 is 2.60 bits per heavy atom. The Labute approximate surface area is 89.9 Å². The number of benzene rings is 1. The van der Waals surface area contributed by atoms with E-state index >= 15 is 0 Å². The van der Waals surface area contributed by atoms with Gasteiger partial charge >= 0.3 is 0 Å². The van der Waals surface area contributed by atoms with Crippen LogP contribution in [0.3, 0.4) is 0 Å². The summed E-state index contributed by atoms with van der Waals surface area (Å²) in [5.74, 6) is 0.785. The van der Waals surface area contributed by atoms with Crippen molar-refractivity contribution >= 4 is 5.84 Å². The molecule has 0 bridgehead atoms. The SMILES string of the molecule is CCC1(C)N=C(c2ccccc2)NC1O. The molecule has 3 heteroatoms. The molecule has 3 nitrogen and oxygen atoms in total. The van der Waals surface area contributed by atoms with Crippen LogP contribution in [0.4, 0.5) is 0 Å². The highest BCUT2D eigenvalue weighted by atomic mass is 16.3. The number of rotatable bonds is 2. The summed E-state index contributed by atoms with van der Waals surface area (Å²) < 4.78 is 0. The van der Waals surface area contributed by atoms with Gasteiger partial charge in [-0.05, 0) is 13.3 Å². The van der Waals surface area contributed by atoms with Gasteiger partial charge in [-0.25, -0.2) is 0 Å². The van der Waals surface area contributed by atoms with Gasteiger partial charge in [-0.2, -0.15) is 0 Å². The second kappa shape index (κ2) is 3.66. The minimum Gasteiger partial charge on any atom is -0.371 e. The van der Waals surface area contributed by atoms with Crippen LogP contribution in [0, 0.1) is 0 Å². The van der Waals surface area contributed by atoms with E-state index in [1.54, 1.807) is 0 Å². The molecule has 80 valence electrons. The van der Waals surface area contributed by atoms with Crippen LogP contribution in [0.15, 0.2) is 35.3 Å². The Morgan fingerprint density at radius 1 is 1.40 bits per heavy atom. The molecular weight excluding hydrogens is 188 g/mol. The molecule has 0 aliphatic carbocycles. The predicted molar refractivity (Wildman–Crippen MR) is 60.8 cm³/mol. The lowest BCUT2D eigenvalue weighted by Gasteiger charge is -2.22. The number of aliphatic hydroxyl groups is 1. The summed E-state index contributed by atoms with van der Waals surface area (Å²) in [4.78, 5) is 4.55. The van der Waals surface area contributed by atoms with Crippen LogP contribution in [0.5, 0.6) is 0 Å². The van der Waals surface area contributed by atoms with Crippen molar-refractivity contribution in [3.8, 4) is 0 Å². The van der Waals surface area contributed by atoms with Gasteiger partial charge in [0.05, 0.1) is 0 Å². The molecule has 0 fully saturated rings. The van der Waals surface area contributed by atoms with E-state index in [1.807, 2.05) is 44.2 Å². The molecule has 0 spiro atoms. The number of nitrogens with one attached hydrogen (secondary N) is 1. The highest BCUT2D eigenvalue weighted by Crippen LogP contribution is 2.24. The molecule has 0 aromatic heterocycles. The molecule has 2 unspecified atom stereocenters. The number of aliphatic imine (C=N–C) groups is 1. The zero-order valence-electron chi connectivity index (χ0n) is 9.07. The van der Waals surface area contributed by atoms with Crippen LogP contribution in [0.2, 0.25) is 0 Å². The van der Waals surface area contributed by atoms with Crippen molar-refractivity contribution in [2.45, 2.75) is 32.0 Å². The lowest BCUT2D eigenvalue weighted by Crippen LogP contribution is -2.41. The fourth-order valence-corrected chi connectivity index (χ4v) is 1.65. The predicted octanol–water partition coefficient (Wildman–Crippen LogP) is 1.52. The minimum atomic E-state index is -0.585. The third kappa shape index (κ3) is 1.75. The monoisotopic (exact) mass is 204 g/mol. The van der Waals surface area contributed by atoms with Crippen molar-refractivity contribution in [1.29, 1.82) is 0 Å². The average Bonchev–Trinajstić information content (AvgIpc) is 2.58. The summed E-state index contributed by atoms with van der Waals surface area (Å²) in [6, 6.07) is 9.87. The molecule has 0 amide bonds. The molecular formula is C12H16N2O. The van der Waals surface area contributed by atoms with E-state index in [1.165, 1.54) is 0 Å². The van der Waals surface area contributed by atoms with E-state index in [0.717, 1.165) is 17.8 Å². The van der Waals surface area contributed by atoms with E-state index in [0.29, 0.717) is 0 Å². The standard InChI is InChI=1S/C12H16N2O/c1-3-12(2)11(15)13-10(14-12)9-7-5-4-6-8-9/h4-8,11,15H,3H2,1-2H3,(H,13,14). The Hall–Kier alpha value is -1.35. The molecule has 2 N–H and O–H groups in total. The van der Waals surface area contributed by atoms with Gasteiger partial charge < -0.3 is 10.4 Å². The van der Waals surface area contributed by atoms with E-state index in [9.17, 15) is 5.11 Å².